The van der Waals surface area contributed by atoms with Crippen molar-refractivity contribution in [3.8, 4) is 23.0 Å². The highest BCUT2D eigenvalue weighted by Gasteiger charge is 2.15. The summed E-state index contributed by atoms with van der Waals surface area (Å²) in [5.41, 5.74) is 2.61. The molecule has 7 nitrogen and oxygen atoms in total. The van der Waals surface area contributed by atoms with Gasteiger partial charge in [0.2, 0.25) is 0 Å². The second-order valence-corrected chi connectivity index (χ2v) is 15.4. The molecule has 0 aromatic carbocycles. The number of nitrogens with zero attached hydrogens (tertiary/aromatic N) is 4. The summed E-state index contributed by atoms with van der Waals surface area (Å²) in [6.07, 6.45) is 7.80. The number of aromatic nitrogens is 4. The van der Waals surface area contributed by atoms with Crippen LogP contribution in [-0.4, -0.2) is 58.4 Å². The van der Waals surface area contributed by atoms with E-state index in [9.17, 15) is 5.11 Å². The molecule has 0 aliphatic rings. The van der Waals surface area contributed by atoms with E-state index < -0.39 is 13.7 Å². The van der Waals surface area contributed by atoms with Gasteiger partial charge in [-0.1, -0.05) is 25.6 Å². The molecule has 3 heterocycles. The molecule has 172 valence electrons. The van der Waals surface area contributed by atoms with Crippen molar-refractivity contribution in [1.82, 2.24) is 19.3 Å². The van der Waals surface area contributed by atoms with Crippen molar-refractivity contribution in [3.05, 3.63) is 36.5 Å². The Morgan fingerprint density at radius 1 is 1.16 bits per heavy atom. The molecule has 3 aromatic heterocycles. The van der Waals surface area contributed by atoms with Crippen molar-refractivity contribution >= 4 is 19.0 Å². The number of hydrogen-bond donors (Lipinski definition) is 1. The summed E-state index contributed by atoms with van der Waals surface area (Å²) in [4.78, 5) is 4.48. The molecule has 3 aromatic rings. The highest BCUT2D eigenvalue weighted by Crippen LogP contribution is 2.30. The summed E-state index contributed by atoms with van der Waals surface area (Å²) in [7, 11) is 0.589. The van der Waals surface area contributed by atoms with E-state index in [-0.39, 0.29) is 0 Å². The SMILES string of the molecule is COCCn1cc(-c2cnn(COCC[Si](C)(C)C)c2)c2cc(C#CC(C)(C)O)ncc21. The summed E-state index contributed by atoms with van der Waals surface area (Å²) in [5, 5.41) is 15.4. The number of pyridine rings is 1. The van der Waals surface area contributed by atoms with E-state index in [1.54, 1.807) is 21.0 Å². The lowest BCUT2D eigenvalue weighted by atomic mass is 10.1. The van der Waals surface area contributed by atoms with Crippen molar-refractivity contribution in [2.24, 2.45) is 0 Å². The number of ether oxygens (including phenoxy) is 2. The summed E-state index contributed by atoms with van der Waals surface area (Å²) in [6, 6.07) is 3.10. The third-order valence-electron chi connectivity index (χ3n) is 4.96. The van der Waals surface area contributed by atoms with Crippen molar-refractivity contribution < 1.29 is 14.6 Å². The minimum atomic E-state index is -1.11. The lowest BCUT2D eigenvalue weighted by Crippen LogP contribution is -2.22. The van der Waals surface area contributed by atoms with Crippen LogP contribution in [0.25, 0.3) is 22.0 Å². The van der Waals surface area contributed by atoms with Crippen molar-refractivity contribution in [2.45, 2.75) is 58.4 Å². The fourth-order valence-corrected chi connectivity index (χ4v) is 3.94. The predicted molar refractivity (Wildman–Crippen MR) is 130 cm³/mol. The van der Waals surface area contributed by atoms with Gasteiger partial charge < -0.3 is 19.1 Å². The number of hydrogen-bond acceptors (Lipinski definition) is 5. The number of fused-ring (bicyclic) bond motifs is 1. The van der Waals surface area contributed by atoms with Crippen molar-refractivity contribution in [2.75, 3.05) is 20.3 Å². The average molecular weight is 455 g/mol. The topological polar surface area (TPSA) is 74.3 Å². The zero-order valence-corrected chi connectivity index (χ0v) is 21.0. The van der Waals surface area contributed by atoms with Gasteiger partial charge in [0.25, 0.3) is 0 Å². The molecule has 0 saturated heterocycles. The Morgan fingerprint density at radius 3 is 2.62 bits per heavy atom. The highest BCUT2D eigenvalue weighted by atomic mass is 28.3. The fourth-order valence-electron chi connectivity index (χ4n) is 3.19. The second kappa shape index (κ2) is 10.0. The molecule has 0 spiro atoms. The molecular weight excluding hydrogens is 420 g/mol. The lowest BCUT2D eigenvalue weighted by molar-refractivity contribution is 0.0786. The first kappa shape index (κ1) is 24.2. The van der Waals surface area contributed by atoms with Crippen LogP contribution >= 0.6 is 0 Å². The van der Waals surface area contributed by atoms with Crippen molar-refractivity contribution in [3.63, 3.8) is 0 Å². The Balaban J connectivity index is 1.89. The van der Waals surface area contributed by atoms with E-state index in [0.29, 0.717) is 19.0 Å². The normalized spacial score (nSPS) is 12.2. The average Bonchev–Trinajstić information content (AvgIpc) is 3.31. The maximum Gasteiger partial charge on any atom is 0.139 e. The molecule has 1 N–H and O–H groups in total. The van der Waals surface area contributed by atoms with Gasteiger partial charge in [-0.15, -0.1) is 0 Å². The van der Waals surface area contributed by atoms with Gasteiger partial charge in [-0.2, -0.15) is 5.10 Å². The minimum Gasteiger partial charge on any atom is -0.383 e. The zero-order chi connectivity index (χ0) is 23.4. The monoisotopic (exact) mass is 454 g/mol. The van der Waals surface area contributed by atoms with Crippen LogP contribution in [0.2, 0.25) is 25.7 Å². The van der Waals surface area contributed by atoms with Crippen LogP contribution in [0.5, 0.6) is 0 Å². The third kappa shape index (κ3) is 6.78. The van der Waals surface area contributed by atoms with E-state index in [0.717, 1.165) is 41.2 Å². The molecular formula is C24H34N4O3Si. The summed E-state index contributed by atoms with van der Waals surface area (Å²) >= 11 is 0. The van der Waals surface area contributed by atoms with Gasteiger partial charge in [-0.3, -0.25) is 0 Å². The van der Waals surface area contributed by atoms with E-state index in [1.165, 1.54) is 0 Å². The molecule has 32 heavy (non-hydrogen) atoms. The van der Waals surface area contributed by atoms with Gasteiger partial charge in [-0.25, -0.2) is 9.67 Å². The summed E-state index contributed by atoms with van der Waals surface area (Å²) in [6.45, 7) is 12.9. The Morgan fingerprint density at radius 2 is 1.94 bits per heavy atom. The van der Waals surface area contributed by atoms with Gasteiger partial charge in [0, 0.05) is 57.2 Å². The Kier molecular flexibility index (Phi) is 7.57. The molecule has 0 bridgehead atoms. The van der Waals surface area contributed by atoms with Gasteiger partial charge in [0.15, 0.2) is 0 Å². The number of methoxy groups -OCH3 is 1. The van der Waals surface area contributed by atoms with Gasteiger partial charge in [0.1, 0.15) is 18.0 Å². The first-order chi connectivity index (χ1) is 15.1. The number of rotatable bonds is 9. The molecule has 0 unspecified atom stereocenters. The van der Waals surface area contributed by atoms with E-state index in [1.807, 2.05) is 29.3 Å². The van der Waals surface area contributed by atoms with E-state index in [2.05, 4.69) is 52.3 Å². The van der Waals surface area contributed by atoms with Crippen LogP contribution in [0.1, 0.15) is 19.5 Å². The van der Waals surface area contributed by atoms with E-state index in [4.69, 9.17) is 9.47 Å². The highest BCUT2D eigenvalue weighted by molar-refractivity contribution is 6.76. The lowest BCUT2D eigenvalue weighted by Gasteiger charge is -2.15. The van der Waals surface area contributed by atoms with Crippen LogP contribution in [0.15, 0.2) is 30.9 Å². The van der Waals surface area contributed by atoms with Crippen LogP contribution in [0.4, 0.5) is 0 Å². The predicted octanol–water partition coefficient (Wildman–Crippen LogP) is 3.98. The van der Waals surface area contributed by atoms with Crippen LogP contribution in [0, 0.1) is 11.8 Å². The largest absolute Gasteiger partial charge is 0.383 e. The Hall–Kier alpha value is -2.44. The molecule has 0 atom stereocenters. The second-order valence-electron chi connectivity index (χ2n) is 9.74. The smallest absolute Gasteiger partial charge is 0.139 e. The molecule has 0 fully saturated rings. The molecule has 0 saturated carbocycles. The maximum absolute atomic E-state index is 9.92. The Bertz CT molecular complexity index is 1110. The fraction of sp³-hybridized carbons (Fsp3) is 0.500. The molecule has 8 heteroatoms. The van der Waals surface area contributed by atoms with Crippen LogP contribution < -0.4 is 0 Å². The molecule has 0 radical (unpaired) electrons. The maximum atomic E-state index is 9.92. The van der Waals surface area contributed by atoms with Gasteiger partial charge in [0.05, 0.1) is 24.5 Å². The third-order valence-corrected chi connectivity index (χ3v) is 6.67. The van der Waals surface area contributed by atoms with Gasteiger partial charge in [-0.05, 0) is 31.9 Å². The molecule has 0 aliphatic heterocycles. The first-order valence-electron chi connectivity index (χ1n) is 10.9. The minimum absolute atomic E-state index is 0.441. The first-order valence-corrected chi connectivity index (χ1v) is 14.6. The molecule has 0 amide bonds. The van der Waals surface area contributed by atoms with Crippen LogP contribution in [-0.2, 0) is 22.7 Å². The zero-order valence-electron chi connectivity index (χ0n) is 20.0. The molecule has 3 rings (SSSR count). The molecule has 0 aliphatic carbocycles. The van der Waals surface area contributed by atoms with Crippen molar-refractivity contribution in [1.29, 1.82) is 0 Å². The van der Waals surface area contributed by atoms with Gasteiger partial charge >= 0.3 is 0 Å². The number of aliphatic hydroxyl groups is 1. The van der Waals surface area contributed by atoms with E-state index >= 15 is 0 Å². The quantitative estimate of drug-likeness (QED) is 0.301. The summed E-state index contributed by atoms with van der Waals surface area (Å²) < 4.78 is 15.1. The van der Waals surface area contributed by atoms with Crippen LogP contribution in [0.3, 0.4) is 0 Å². The standard InChI is InChI=1S/C24H34N4O3Si/c1-24(2,29)8-7-20-13-21-22(17-27(9-10-30-3)23(21)15-25-20)19-14-26-28(16-19)18-31-11-12-32(4,5)6/h13-17,29H,9-12,18H2,1-6H3. The Labute approximate surface area is 191 Å². The summed E-state index contributed by atoms with van der Waals surface area (Å²) in [5.74, 6) is 5.81.